The molecule has 0 aromatic rings. The van der Waals surface area contributed by atoms with Gasteiger partial charge in [0.05, 0.1) is 17.8 Å². The van der Waals surface area contributed by atoms with Crippen molar-refractivity contribution in [3.8, 4) is 0 Å². The lowest BCUT2D eigenvalue weighted by molar-refractivity contribution is 0.0596. The van der Waals surface area contributed by atoms with Crippen LogP contribution in [0.1, 0.15) is 98.8 Å². The Bertz CT molecular complexity index is 694. The molecule has 31 heavy (non-hydrogen) atoms. The molecule has 2 unspecified atom stereocenters. The predicted octanol–water partition coefficient (Wildman–Crippen LogP) is 6.09. The van der Waals surface area contributed by atoms with Crippen molar-refractivity contribution in [1.29, 1.82) is 0 Å². The lowest BCUT2D eigenvalue weighted by Gasteiger charge is -2.44. The second-order valence-electron chi connectivity index (χ2n) is 11.6. The van der Waals surface area contributed by atoms with Crippen LogP contribution in [0.3, 0.4) is 0 Å². The maximum absolute atomic E-state index is 10.3. The standard InChI is InChI=1S/C28H46O3/c1-6-22-25(29)17-20(18-26(22)30)11-12-21-10-8-16-28(5)23(13-14-24(21)28)19(2)9-7-15-27(3,4)31/h6,11-12,19,23-26,29-31H,7-10,13-18H2,1-5H3/t19-,23?,24?,25+,26+,28+/m0/s1. The molecule has 176 valence electrons. The van der Waals surface area contributed by atoms with Crippen molar-refractivity contribution in [2.24, 2.45) is 23.2 Å². The van der Waals surface area contributed by atoms with Gasteiger partial charge in [0.15, 0.2) is 0 Å². The summed E-state index contributed by atoms with van der Waals surface area (Å²) in [5.74, 6) is 2.15. The van der Waals surface area contributed by atoms with Gasteiger partial charge in [0.25, 0.3) is 0 Å². The maximum atomic E-state index is 10.3. The average molecular weight is 431 g/mol. The molecule has 0 heterocycles. The molecular weight excluding hydrogens is 384 g/mol. The average Bonchev–Trinajstić information content (AvgIpc) is 3.02. The number of aliphatic hydroxyl groups is 3. The first-order chi connectivity index (χ1) is 14.5. The minimum atomic E-state index is -0.552. The van der Waals surface area contributed by atoms with Crippen LogP contribution in [0.5, 0.6) is 0 Å². The summed E-state index contributed by atoms with van der Waals surface area (Å²) in [6.07, 6.45) is 16.2. The van der Waals surface area contributed by atoms with E-state index in [1.807, 2.05) is 26.8 Å². The van der Waals surface area contributed by atoms with Crippen molar-refractivity contribution in [2.75, 3.05) is 0 Å². The van der Waals surface area contributed by atoms with E-state index in [9.17, 15) is 15.3 Å². The molecule has 3 aliphatic carbocycles. The molecular formula is C28H46O3. The van der Waals surface area contributed by atoms with E-state index in [2.05, 4.69) is 26.0 Å². The molecule has 3 fully saturated rings. The van der Waals surface area contributed by atoms with E-state index in [-0.39, 0.29) is 0 Å². The zero-order valence-corrected chi connectivity index (χ0v) is 20.5. The molecule has 3 rings (SSSR count). The number of rotatable bonds is 6. The predicted molar refractivity (Wildman–Crippen MR) is 129 cm³/mol. The summed E-state index contributed by atoms with van der Waals surface area (Å²) < 4.78 is 0. The summed E-state index contributed by atoms with van der Waals surface area (Å²) in [6, 6.07) is 0. The second-order valence-corrected chi connectivity index (χ2v) is 11.6. The fourth-order valence-corrected chi connectivity index (χ4v) is 7.06. The third-order valence-electron chi connectivity index (χ3n) is 8.72. The Balaban J connectivity index is 1.68. The highest BCUT2D eigenvalue weighted by molar-refractivity contribution is 5.30. The summed E-state index contributed by atoms with van der Waals surface area (Å²) in [6.45, 7) is 10.7. The van der Waals surface area contributed by atoms with E-state index in [1.54, 1.807) is 5.57 Å². The molecule has 6 atom stereocenters. The molecule has 3 nitrogen and oxygen atoms in total. The third kappa shape index (κ3) is 5.72. The van der Waals surface area contributed by atoms with E-state index in [0.717, 1.165) is 24.3 Å². The largest absolute Gasteiger partial charge is 0.390 e. The van der Waals surface area contributed by atoms with E-state index >= 15 is 0 Å². The SMILES string of the molecule is CC=C1[C@H](O)CC(=CC=C2CCC[C@@]3(C)C2CCC3[C@@H](C)CCCC(C)(C)O)C[C@H]1O. The number of allylic oxidation sites excluding steroid dienone is 4. The van der Waals surface area contributed by atoms with Crippen LogP contribution in [0.4, 0.5) is 0 Å². The lowest BCUT2D eigenvalue weighted by atomic mass is 9.60. The zero-order valence-electron chi connectivity index (χ0n) is 20.5. The molecule has 3 aliphatic rings. The molecule has 0 aromatic heterocycles. The summed E-state index contributed by atoms with van der Waals surface area (Å²) in [4.78, 5) is 0. The monoisotopic (exact) mass is 430 g/mol. The summed E-state index contributed by atoms with van der Waals surface area (Å²) in [5.41, 5.74) is 3.37. The number of hydrogen-bond acceptors (Lipinski definition) is 3. The Labute approximate surface area is 190 Å². The van der Waals surface area contributed by atoms with Gasteiger partial charge >= 0.3 is 0 Å². The van der Waals surface area contributed by atoms with Crippen molar-refractivity contribution in [3.63, 3.8) is 0 Å². The van der Waals surface area contributed by atoms with Gasteiger partial charge in [-0.1, -0.05) is 56.1 Å². The Morgan fingerprint density at radius 3 is 2.42 bits per heavy atom. The van der Waals surface area contributed by atoms with Crippen LogP contribution in [-0.4, -0.2) is 33.1 Å². The van der Waals surface area contributed by atoms with Crippen LogP contribution in [0, 0.1) is 23.2 Å². The second kappa shape index (κ2) is 9.93. The normalized spacial score (nSPS) is 36.5. The van der Waals surface area contributed by atoms with Gasteiger partial charge in [-0.3, -0.25) is 0 Å². The molecule has 3 N–H and O–H groups in total. The van der Waals surface area contributed by atoms with Gasteiger partial charge in [-0.2, -0.15) is 0 Å². The van der Waals surface area contributed by atoms with Crippen LogP contribution < -0.4 is 0 Å². The number of hydrogen-bond donors (Lipinski definition) is 3. The molecule has 0 radical (unpaired) electrons. The van der Waals surface area contributed by atoms with Crippen LogP contribution in [0.2, 0.25) is 0 Å². The minimum absolute atomic E-state index is 0.389. The topological polar surface area (TPSA) is 60.7 Å². The molecule has 0 saturated heterocycles. The summed E-state index contributed by atoms with van der Waals surface area (Å²) in [7, 11) is 0. The maximum Gasteiger partial charge on any atom is 0.0812 e. The van der Waals surface area contributed by atoms with Crippen LogP contribution in [-0.2, 0) is 0 Å². The van der Waals surface area contributed by atoms with Gasteiger partial charge in [-0.25, -0.2) is 0 Å². The van der Waals surface area contributed by atoms with E-state index < -0.39 is 17.8 Å². The van der Waals surface area contributed by atoms with Gasteiger partial charge in [0, 0.05) is 0 Å². The fourth-order valence-electron chi connectivity index (χ4n) is 7.06. The van der Waals surface area contributed by atoms with Crippen molar-refractivity contribution in [1.82, 2.24) is 0 Å². The van der Waals surface area contributed by atoms with Crippen LogP contribution in [0.25, 0.3) is 0 Å². The smallest absolute Gasteiger partial charge is 0.0812 e. The molecule has 0 spiro atoms. The molecule has 0 bridgehead atoms. The molecule has 0 amide bonds. The van der Waals surface area contributed by atoms with Crippen LogP contribution >= 0.6 is 0 Å². The first kappa shape index (κ1) is 24.7. The van der Waals surface area contributed by atoms with Gasteiger partial charge in [0.2, 0.25) is 0 Å². The summed E-state index contributed by atoms with van der Waals surface area (Å²) >= 11 is 0. The Morgan fingerprint density at radius 1 is 1.13 bits per heavy atom. The van der Waals surface area contributed by atoms with E-state index in [0.29, 0.717) is 30.1 Å². The van der Waals surface area contributed by atoms with Crippen LogP contribution in [0.15, 0.2) is 34.9 Å². The van der Waals surface area contributed by atoms with Crippen molar-refractivity contribution in [3.05, 3.63) is 34.9 Å². The highest BCUT2D eigenvalue weighted by Crippen LogP contribution is 2.60. The molecule has 0 aliphatic heterocycles. The zero-order chi connectivity index (χ0) is 22.8. The number of aliphatic hydroxyl groups excluding tert-OH is 2. The third-order valence-corrected chi connectivity index (χ3v) is 8.72. The summed E-state index contributed by atoms with van der Waals surface area (Å²) in [5, 5.41) is 30.7. The Hall–Kier alpha value is -0.900. The quantitative estimate of drug-likeness (QED) is 0.447. The Morgan fingerprint density at radius 2 is 1.81 bits per heavy atom. The number of fused-ring (bicyclic) bond motifs is 1. The molecule has 3 heteroatoms. The van der Waals surface area contributed by atoms with E-state index in [1.165, 1.54) is 44.1 Å². The molecule has 0 aromatic carbocycles. The first-order valence-corrected chi connectivity index (χ1v) is 12.7. The highest BCUT2D eigenvalue weighted by Gasteiger charge is 2.50. The molecule has 3 saturated carbocycles. The van der Waals surface area contributed by atoms with E-state index in [4.69, 9.17) is 0 Å². The van der Waals surface area contributed by atoms with Gasteiger partial charge in [0.1, 0.15) is 0 Å². The van der Waals surface area contributed by atoms with Crippen molar-refractivity contribution in [2.45, 2.75) is 117 Å². The van der Waals surface area contributed by atoms with Crippen molar-refractivity contribution >= 4 is 0 Å². The van der Waals surface area contributed by atoms with Gasteiger partial charge in [-0.15, -0.1) is 0 Å². The first-order valence-electron chi connectivity index (χ1n) is 12.7. The highest BCUT2D eigenvalue weighted by atomic mass is 16.3. The Kier molecular flexibility index (Phi) is 7.92. The van der Waals surface area contributed by atoms with Crippen molar-refractivity contribution < 1.29 is 15.3 Å². The fraction of sp³-hybridized carbons (Fsp3) is 0.786. The lowest BCUT2D eigenvalue weighted by Crippen LogP contribution is -2.36. The van der Waals surface area contributed by atoms with Gasteiger partial charge in [-0.05, 0) is 101 Å². The van der Waals surface area contributed by atoms with Gasteiger partial charge < -0.3 is 15.3 Å². The minimum Gasteiger partial charge on any atom is -0.390 e.